The van der Waals surface area contributed by atoms with Crippen LogP contribution in [0.15, 0.2) is 23.3 Å². The summed E-state index contributed by atoms with van der Waals surface area (Å²) < 4.78 is 0. The summed E-state index contributed by atoms with van der Waals surface area (Å²) in [6.07, 6.45) is 9.33. The van der Waals surface area contributed by atoms with E-state index in [4.69, 9.17) is 0 Å². The Kier molecular flexibility index (Phi) is 4.76. The van der Waals surface area contributed by atoms with Crippen LogP contribution in [0, 0.1) is 29.1 Å². The van der Waals surface area contributed by atoms with Crippen molar-refractivity contribution in [2.45, 2.75) is 65.9 Å². The Labute approximate surface area is 124 Å². The normalized spacial score (nSPS) is 39.0. The molecule has 0 unspecified atom stereocenters. The van der Waals surface area contributed by atoms with Crippen LogP contribution in [0.25, 0.3) is 0 Å². The van der Waals surface area contributed by atoms with Gasteiger partial charge in [-0.05, 0) is 50.9 Å². The smallest absolute Gasteiger partial charge is 0.118 e. The van der Waals surface area contributed by atoms with Crippen molar-refractivity contribution in [2.24, 2.45) is 17.3 Å². The summed E-state index contributed by atoms with van der Waals surface area (Å²) in [6, 6.07) is 0. The predicted molar refractivity (Wildman–Crippen MR) is 85.1 cm³/mol. The van der Waals surface area contributed by atoms with Crippen molar-refractivity contribution in [2.75, 3.05) is 0 Å². The highest BCUT2D eigenvalue weighted by Gasteiger charge is 2.56. The minimum atomic E-state index is -0.498. The van der Waals surface area contributed by atoms with E-state index in [1.54, 1.807) is 0 Å². The summed E-state index contributed by atoms with van der Waals surface area (Å²) in [4.78, 5) is 0. The average molecular weight is 272 g/mol. The summed E-state index contributed by atoms with van der Waals surface area (Å²) in [7, 11) is 0. The zero-order chi connectivity index (χ0) is 14.8. The summed E-state index contributed by atoms with van der Waals surface area (Å²) in [5, 5.41) is 9.96. The highest BCUT2D eigenvalue weighted by Crippen LogP contribution is 2.60. The van der Waals surface area contributed by atoms with Crippen molar-refractivity contribution in [1.29, 1.82) is 0 Å². The first-order valence-electron chi connectivity index (χ1n) is 7.91. The molecule has 0 aliphatic heterocycles. The molecule has 0 aromatic carbocycles. The molecule has 1 N–H and O–H groups in total. The average Bonchev–Trinajstić information content (AvgIpc) is 2.91. The van der Waals surface area contributed by atoms with Crippen molar-refractivity contribution < 1.29 is 5.11 Å². The fourth-order valence-electron chi connectivity index (χ4n) is 3.26. The van der Waals surface area contributed by atoms with E-state index < -0.39 is 6.10 Å². The molecular formula is C19H28O. The summed E-state index contributed by atoms with van der Waals surface area (Å²) in [6.45, 7) is 9.02. The first kappa shape index (κ1) is 15.4. The van der Waals surface area contributed by atoms with Crippen LogP contribution in [0.3, 0.4) is 0 Å². The molecule has 3 atom stereocenters. The van der Waals surface area contributed by atoms with Gasteiger partial charge >= 0.3 is 0 Å². The van der Waals surface area contributed by atoms with Gasteiger partial charge in [0.15, 0.2) is 0 Å². The monoisotopic (exact) mass is 272 g/mol. The van der Waals surface area contributed by atoms with Crippen molar-refractivity contribution in [3.05, 3.63) is 23.3 Å². The molecule has 110 valence electrons. The Morgan fingerprint density at radius 3 is 2.55 bits per heavy atom. The van der Waals surface area contributed by atoms with Gasteiger partial charge in [-0.3, -0.25) is 0 Å². The highest BCUT2D eigenvalue weighted by atomic mass is 16.3. The maximum absolute atomic E-state index is 9.96. The van der Waals surface area contributed by atoms with E-state index in [1.165, 1.54) is 24.0 Å². The Morgan fingerprint density at radius 1 is 1.10 bits per heavy atom. The predicted octanol–water partition coefficient (Wildman–Crippen LogP) is 4.48. The van der Waals surface area contributed by atoms with E-state index in [9.17, 15) is 5.11 Å². The van der Waals surface area contributed by atoms with Crippen molar-refractivity contribution >= 4 is 0 Å². The zero-order valence-electron chi connectivity index (χ0n) is 13.4. The van der Waals surface area contributed by atoms with Crippen LogP contribution in [-0.4, -0.2) is 11.2 Å². The van der Waals surface area contributed by atoms with Gasteiger partial charge in [0.25, 0.3) is 0 Å². The third-order valence-electron chi connectivity index (χ3n) is 5.03. The molecule has 1 fully saturated rings. The van der Waals surface area contributed by atoms with Crippen molar-refractivity contribution in [3.8, 4) is 11.8 Å². The van der Waals surface area contributed by atoms with Gasteiger partial charge in [0, 0.05) is 12.3 Å². The Hall–Kier alpha value is -1.00. The Morgan fingerprint density at radius 2 is 1.80 bits per heavy atom. The van der Waals surface area contributed by atoms with E-state index in [0.29, 0.717) is 23.7 Å². The molecule has 0 radical (unpaired) electrons. The lowest BCUT2D eigenvalue weighted by molar-refractivity contribution is 0.236. The first-order valence-corrected chi connectivity index (χ1v) is 7.91. The standard InChI is InChI=1S/C19H28O/c1-14-6-5-7-15(2)9-12-17-18(19(17,3)4)13-11-16(20)10-8-14/h7-8,16-18,20H,5-6,9-10,12H2,1-4H3/b14-8+,15-7+/t16-,17-,18-/m0/s1. The molecule has 0 spiro atoms. The summed E-state index contributed by atoms with van der Waals surface area (Å²) in [5.74, 6) is 7.56. The van der Waals surface area contributed by atoms with Gasteiger partial charge in [0.1, 0.15) is 6.10 Å². The van der Waals surface area contributed by atoms with E-state index in [-0.39, 0.29) is 0 Å². The number of aliphatic hydroxyl groups is 1. The molecule has 2 aliphatic carbocycles. The summed E-state index contributed by atoms with van der Waals surface area (Å²) in [5.41, 5.74) is 3.21. The third kappa shape index (κ3) is 3.76. The van der Waals surface area contributed by atoms with Gasteiger partial charge in [0.2, 0.25) is 0 Å². The molecule has 0 aromatic rings. The van der Waals surface area contributed by atoms with Crippen LogP contribution in [0.2, 0.25) is 0 Å². The second-order valence-corrected chi connectivity index (χ2v) is 7.12. The van der Waals surface area contributed by atoms with Crippen LogP contribution in [-0.2, 0) is 0 Å². The van der Waals surface area contributed by atoms with Crippen molar-refractivity contribution in [3.63, 3.8) is 0 Å². The number of fused-ring (bicyclic) bond motifs is 1. The molecule has 2 aliphatic rings. The second kappa shape index (κ2) is 6.19. The number of hydrogen-bond donors (Lipinski definition) is 1. The van der Waals surface area contributed by atoms with Gasteiger partial charge in [-0.15, -0.1) is 0 Å². The number of hydrogen-bond acceptors (Lipinski definition) is 1. The Balaban J connectivity index is 2.11. The van der Waals surface area contributed by atoms with E-state index >= 15 is 0 Å². The minimum Gasteiger partial charge on any atom is -0.380 e. The lowest BCUT2D eigenvalue weighted by atomic mass is 10.0. The fourth-order valence-corrected chi connectivity index (χ4v) is 3.26. The summed E-state index contributed by atoms with van der Waals surface area (Å²) >= 11 is 0. The largest absolute Gasteiger partial charge is 0.380 e. The van der Waals surface area contributed by atoms with Crippen LogP contribution in [0.4, 0.5) is 0 Å². The SMILES string of the molecule is C/C1=C\C[C@H](O)C#C[C@H]2[C@H](CC/C(C)=C/CC1)C2(C)C. The molecule has 1 nitrogen and oxygen atoms in total. The van der Waals surface area contributed by atoms with Crippen LogP contribution in [0.1, 0.15) is 59.8 Å². The molecule has 0 saturated heterocycles. The molecule has 1 heteroatoms. The van der Waals surface area contributed by atoms with Crippen LogP contribution in [0.5, 0.6) is 0 Å². The lowest BCUT2D eigenvalue weighted by Crippen LogP contribution is -2.01. The van der Waals surface area contributed by atoms with Gasteiger partial charge in [-0.2, -0.15) is 0 Å². The van der Waals surface area contributed by atoms with Gasteiger partial charge in [-0.25, -0.2) is 0 Å². The van der Waals surface area contributed by atoms with Crippen LogP contribution < -0.4 is 0 Å². The number of rotatable bonds is 0. The lowest BCUT2D eigenvalue weighted by Gasteiger charge is -2.05. The molecule has 0 bridgehead atoms. The highest BCUT2D eigenvalue weighted by molar-refractivity contribution is 5.24. The molecule has 1 saturated carbocycles. The Bertz CT molecular complexity index is 470. The topological polar surface area (TPSA) is 20.2 Å². The fraction of sp³-hybridized carbons (Fsp3) is 0.684. The van der Waals surface area contributed by atoms with Gasteiger partial charge in [-0.1, -0.05) is 49.0 Å². The second-order valence-electron chi connectivity index (χ2n) is 7.12. The minimum absolute atomic E-state index is 0.332. The van der Waals surface area contributed by atoms with E-state index in [2.05, 4.69) is 51.7 Å². The quantitative estimate of drug-likeness (QED) is 0.509. The zero-order valence-corrected chi connectivity index (χ0v) is 13.4. The van der Waals surface area contributed by atoms with Crippen molar-refractivity contribution in [1.82, 2.24) is 0 Å². The maximum Gasteiger partial charge on any atom is 0.118 e. The molecular weight excluding hydrogens is 244 g/mol. The maximum atomic E-state index is 9.96. The molecule has 0 heterocycles. The molecule has 20 heavy (non-hydrogen) atoms. The number of aliphatic hydroxyl groups excluding tert-OH is 1. The van der Waals surface area contributed by atoms with E-state index in [0.717, 1.165) is 12.8 Å². The molecule has 0 amide bonds. The first-order chi connectivity index (χ1) is 9.41. The van der Waals surface area contributed by atoms with E-state index in [1.807, 2.05) is 0 Å². The molecule has 2 rings (SSSR count). The van der Waals surface area contributed by atoms with Crippen LogP contribution >= 0.6 is 0 Å². The van der Waals surface area contributed by atoms with Gasteiger partial charge in [0.05, 0.1) is 0 Å². The third-order valence-corrected chi connectivity index (χ3v) is 5.03. The van der Waals surface area contributed by atoms with Gasteiger partial charge < -0.3 is 5.11 Å². The number of allylic oxidation sites excluding steroid dienone is 3. The molecule has 0 aromatic heterocycles.